The fourth-order valence-corrected chi connectivity index (χ4v) is 3.93. The molecule has 31 heavy (non-hydrogen) atoms. The number of pyridine rings is 1. The van der Waals surface area contributed by atoms with E-state index in [4.69, 9.17) is 4.74 Å². The molecule has 0 bridgehead atoms. The number of nitrogens with one attached hydrogen (secondary N) is 1. The van der Waals surface area contributed by atoms with Gasteiger partial charge in [0.1, 0.15) is 5.69 Å². The third-order valence-electron chi connectivity index (χ3n) is 5.42. The monoisotopic (exact) mass is 432 g/mol. The number of amides is 1. The number of aryl methyl sites for hydroxylation is 2. The summed E-state index contributed by atoms with van der Waals surface area (Å²) in [6.07, 6.45) is -1.08. The normalized spacial score (nSPS) is 18.1. The third kappa shape index (κ3) is 3.75. The predicted octanol–water partition coefficient (Wildman–Crippen LogP) is 3.21. The maximum absolute atomic E-state index is 13.0. The minimum atomic E-state index is -4.53. The summed E-state index contributed by atoms with van der Waals surface area (Å²) in [5.74, 6) is 0.250. The molecule has 11 heteroatoms. The van der Waals surface area contributed by atoms with Gasteiger partial charge in [0.15, 0.2) is 5.69 Å². The van der Waals surface area contributed by atoms with Crippen LogP contribution in [-0.4, -0.2) is 37.1 Å². The van der Waals surface area contributed by atoms with Crippen LogP contribution in [0.4, 0.5) is 13.2 Å². The summed E-state index contributed by atoms with van der Waals surface area (Å²) in [5.41, 5.74) is 0.799. The van der Waals surface area contributed by atoms with Crippen LogP contribution in [0.15, 0.2) is 30.5 Å². The molecule has 8 nitrogen and oxygen atoms in total. The summed E-state index contributed by atoms with van der Waals surface area (Å²) in [5, 5.41) is 11.7. The second-order valence-corrected chi connectivity index (χ2v) is 7.57. The summed E-state index contributed by atoms with van der Waals surface area (Å²) < 4.78 is 47.9. The highest BCUT2D eigenvalue weighted by atomic mass is 19.4. The van der Waals surface area contributed by atoms with Crippen molar-refractivity contribution in [3.8, 4) is 17.1 Å². The van der Waals surface area contributed by atoms with Crippen LogP contribution in [0.2, 0.25) is 0 Å². The molecular formula is C20H19F3N6O2. The van der Waals surface area contributed by atoms with E-state index in [0.717, 1.165) is 30.8 Å². The van der Waals surface area contributed by atoms with Crippen molar-refractivity contribution in [2.75, 3.05) is 6.61 Å². The maximum Gasteiger partial charge on any atom is 0.433 e. The van der Waals surface area contributed by atoms with E-state index in [1.807, 2.05) is 0 Å². The first-order valence-corrected chi connectivity index (χ1v) is 10.0. The van der Waals surface area contributed by atoms with Gasteiger partial charge in [-0.15, -0.1) is 0 Å². The summed E-state index contributed by atoms with van der Waals surface area (Å²) in [6, 6.07) is 5.51. The first-order valence-electron chi connectivity index (χ1n) is 10.0. The third-order valence-corrected chi connectivity index (χ3v) is 5.42. The molecule has 1 N–H and O–H groups in total. The van der Waals surface area contributed by atoms with Gasteiger partial charge in [-0.05, 0) is 31.0 Å². The number of ether oxygens (including phenoxy) is 1. The van der Waals surface area contributed by atoms with Gasteiger partial charge in [-0.2, -0.15) is 23.4 Å². The van der Waals surface area contributed by atoms with E-state index in [-0.39, 0.29) is 17.6 Å². The number of alkyl halides is 3. The van der Waals surface area contributed by atoms with Gasteiger partial charge in [0.2, 0.25) is 5.88 Å². The van der Waals surface area contributed by atoms with Crippen molar-refractivity contribution >= 4 is 5.91 Å². The fourth-order valence-electron chi connectivity index (χ4n) is 3.93. The minimum Gasteiger partial charge on any atom is -0.478 e. The fraction of sp³-hybridized carbons (Fsp3) is 0.400. The van der Waals surface area contributed by atoms with Crippen LogP contribution in [0.5, 0.6) is 5.88 Å². The van der Waals surface area contributed by atoms with Crippen LogP contribution in [-0.2, 0) is 19.3 Å². The van der Waals surface area contributed by atoms with Crippen molar-refractivity contribution in [3.63, 3.8) is 0 Å². The molecule has 3 aromatic heterocycles. The highest BCUT2D eigenvalue weighted by Gasteiger charge is 2.33. The van der Waals surface area contributed by atoms with Gasteiger partial charge in [-0.3, -0.25) is 14.5 Å². The van der Waals surface area contributed by atoms with Crippen molar-refractivity contribution in [1.82, 2.24) is 29.9 Å². The van der Waals surface area contributed by atoms with Crippen molar-refractivity contribution in [2.24, 2.45) is 0 Å². The SMILES string of the molecule is O=C(NC1CCCn2nc(-c3ccnc(C(F)(F)F)c3)cc21)c1cc2n(n1)CCCO2. The standard InChI is InChI=1S/C20H19F3N6O2/c21-20(22,23)17-9-12(4-5-24-17)14-10-16-13(3-1-6-28(16)26-14)25-19(30)15-11-18-29(27-15)7-2-8-31-18/h4-5,9-11,13H,1-3,6-8H2,(H,25,30). The molecule has 0 radical (unpaired) electrons. The Morgan fingerprint density at radius 1 is 1.13 bits per heavy atom. The predicted molar refractivity (Wildman–Crippen MR) is 102 cm³/mol. The quantitative estimate of drug-likeness (QED) is 0.687. The lowest BCUT2D eigenvalue weighted by atomic mass is 10.0. The Morgan fingerprint density at radius 2 is 1.97 bits per heavy atom. The first kappa shape index (κ1) is 19.6. The number of carbonyl (C=O) groups is 1. The van der Waals surface area contributed by atoms with Gasteiger partial charge < -0.3 is 10.1 Å². The van der Waals surface area contributed by atoms with Crippen LogP contribution in [0.3, 0.4) is 0 Å². The number of fused-ring (bicyclic) bond motifs is 2. The molecular weight excluding hydrogens is 413 g/mol. The highest BCUT2D eigenvalue weighted by Crippen LogP contribution is 2.33. The molecule has 0 aliphatic carbocycles. The smallest absolute Gasteiger partial charge is 0.433 e. The lowest BCUT2D eigenvalue weighted by Gasteiger charge is -2.24. The molecule has 5 heterocycles. The number of nitrogens with zero attached hydrogens (tertiary/aromatic N) is 5. The molecule has 2 aliphatic rings. The summed E-state index contributed by atoms with van der Waals surface area (Å²) in [7, 11) is 0. The molecule has 1 atom stereocenters. The molecule has 0 spiro atoms. The zero-order valence-corrected chi connectivity index (χ0v) is 16.4. The molecule has 0 aromatic carbocycles. The van der Waals surface area contributed by atoms with Gasteiger partial charge >= 0.3 is 6.18 Å². The van der Waals surface area contributed by atoms with E-state index in [9.17, 15) is 18.0 Å². The molecule has 1 amide bonds. The van der Waals surface area contributed by atoms with Gasteiger partial charge in [-0.1, -0.05) is 0 Å². The van der Waals surface area contributed by atoms with Crippen LogP contribution in [0.1, 0.15) is 47.2 Å². The van der Waals surface area contributed by atoms with Crippen molar-refractivity contribution in [1.29, 1.82) is 0 Å². The molecule has 0 fully saturated rings. The zero-order chi connectivity index (χ0) is 21.6. The molecule has 162 valence electrons. The Balaban J connectivity index is 1.39. The average molecular weight is 432 g/mol. The van der Waals surface area contributed by atoms with Gasteiger partial charge in [0.05, 0.1) is 24.0 Å². The second kappa shape index (κ2) is 7.40. The van der Waals surface area contributed by atoms with E-state index in [1.165, 1.54) is 6.07 Å². The Bertz CT molecular complexity index is 1110. The van der Waals surface area contributed by atoms with E-state index in [1.54, 1.807) is 21.5 Å². The molecule has 2 aliphatic heterocycles. The lowest BCUT2D eigenvalue weighted by molar-refractivity contribution is -0.141. The second-order valence-electron chi connectivity index (χ2n) is 7.57. The molecule has 3 aromatic rings. The van der Waals surface area contributed by atoms with Gasteiger partial charge in [-0.25, -0.2) is 4.68 Å². The van der Waals surface area contributed by atoms with E-state index >= 15 is 0 Å². The Hall–Kier alpha value is -3.37. The number of rotatable bonds is 3. The summed E-state index contributed by atoms with van der Waals surface area (Å²) in [6.45, 7) is 1.93. The zero-order valence-electron chi connectivity index (χ0n) is 16.4. The Kier molecular flexibility index (Phi) is 4.67. The van der Waals surface area contributed by atoms with Crippen LogP contribution >= 0.6 is 0 Å². The number of hydrogen-bond donors (Lipinski definition) is 1. The van der Waals surface area contributed by atoms with Crippen LogP contribution < -0.4 is 10.1 Å². The molecule has 0 saturated heterocycles. The topological polar surface area (TPSA) is 86.9 Å². The van der Waals surface area contributed by atoms with Crippen molar-refractivity contribution in [3.05, 3.63) is 47.5 Å². The lowest BCUT2D eigenvalue weighted by Crippen LogP contribution is -2.33. The van der Waals surface area contributed by atoms with E-state index < -0.39 is 11.9 Å². The first-order chi connectivity index (χ1) is 14.9. The minimum absolute atomic E-state index is 0.276. The summed E-state index contributed by atoms with van der Waals surface area (Å²) >= 11 is 0. The van der Waals surface area contributed by atoms with E-state index in [0.29, 0.717) is 43.3 Å². The number of aromatic nitrogens is 5. The highest BCUT2D eigenvalue weighted by molar-refractivity contribution is 5.92. The number of carbonyl (C=O) groups excluding carboxylic acids is 1. The van der Waals surface area contributed by atoms with Crippen molar-refractivity contribution in [2.45, 2.75) is 44.6 Å². The molecule has 1 unspecified atom stereocenters. The Labute approximate surface area is 175 Å². The number of halogens is 3. The van der Waals surface area contributed by atoms with Gasteiger partial charge in [0, 0.05) is 37.3 Å². The van der Waals surface area contributed by atoms with Crippen LogP contribution in [0, 0.1) is 0 Å². The van der Waals surface area contributed by atoms with Crippen LogP contribution in [0.25, 0.3) is 11.3 Å². The average Bonchev–Trinajstić information content (AvgIpc) is 3.38. The maximum atomic E-state index is 13.0. The van der Waals surface area contributed by atoms with Crippen molar-refractivity contribution < 1.29 is 22.7 Å². The van der Waals surface area contributed by atoms with Gasteiger partial charge in [0.25, 0.3) is 5.91 Å². The molecule has 5 rings (SSSR count). The molecule has 0 saturated carbocycles. The van der Waals surface area contributed by atoms with E-state index in [2.05, 4.69) is 20.5 Å². The largest absolute Gasteiger partial charge is 0.478 e. The Morgan fingerprint density at radius 3 is 2.77 bits per heavy atom. The number of hydrogen-bond acceptors (Lipinski definition) is 5. The summed E-state index contributed by atoms with van der Waals surface area (Å²) in [4.78, 5) is 16.2.